The summed E-state index contributed by atoms with van der Waals surface area (Å²) in [6, 6.07) is 15.6. The molecule has 2 saturated heterocycles. The second kappa shape index (κ2) is 9.38. The van der Waals surface area contributed by atoms with Gasteiger partial charge in [-0.25, -0.2) is 8.42 Å². The van der Waals surface area contributed by atoms with Crippen molar-refractivity contribution in [3.8, 4) is 0 Å². The van der Waals surface area contributed by atoms with Gasteiger partial charge in [0.15, 0.2) is 0 Å². The second-order valence-corrected chi connectivity index (χ2v) is 9.90. The molecule has 7 nitrogen and oxygen atoms in total. The molecule has 0 radical (unpaired) electrons. The van der Waals surface area contributed by atoms with Crippen molar-refractivity contribution in [3.63, 3.8) is 0 Å². The third-order valence-electron chi connectivity index (χ3n) is 5.98. The van der Waals surface area contributed by atoms with Crippen molar-refractivity contribution in [2.75, 3.05) is 37.7 Å². The standard InChI is InChI=1S/C23H29N3O4S/c1-18(19-9-11-20(12-10-19)25-14-16-30-17-15-25)24-23(27)22-8-5-13-26(22)31(28,29)21-6-3-2-4-7-21/h2-4,6-7,9-12,18,22H,5,8,13-17H2,1H3,(H,24,27). The highest BCUT2D eigenvalue weighted by atomic mass is 32.2. The average molecular weight is 444 g/mol. The molecule has 0 bridgehead atoms. The first kappa shape index (κ1) is 21.8. The molecule has 2 unspecified atom stereocenters. The summed E-state index contributed by atoms with van der Waals surface area (Å²) in [4.78, 5) is 15.5. The average Bonchev–Trinajstić information content (AvgIpc) is 3.31. The molecule has 2 fully saturated rings. The minimum Gasteiger partial charge on any atom is -0.378 e. The Balaban J connectivity index is 1.42. The van der Waals surface area contributed by atoms with Crippen LogP contribution in [0.1, 0.15) is 31.4 Å². The van der Waals surface area contributed by atoms with Crippen LogP contribution in [0.5, 0.6) is 0 Å². The molecule has 31 heavy (non-hydrogen) atoms. The van der Waals surface area contributed by atoms with Crippen LogP contribution in [-0.4, -0.2) is 57.5 Å². The largest absolute Gasteiger partial charge is 0.378 e. The number of rotatable bonds is 6. The molecule has 2 aliphatic rings. The summed E-state index contributed by atoms with van der Waals surface area (Å²) in [7, 11) is -3.69. The van der Waals surface area contributed by atoms with Crippen molar-refractivity contribution in [3.05, 3.63) is 60.2 Å². The Bertz CT molecular complexity index is 989. The van der Waals surface area contributed by atoms with Gasteiger partial charge in [-0.3, -0.25) is 4.79 Å². The number of amides is 1. The number of hydrogen-bond donors (Lipinski definition) is 1. The first-order valence-electron chi connectivity index (χ1n) is 10.8. The topological polar surface area (TPSA) is 79.0 Å². The van der Waals surface area contributed by atoms with Gasteiger partial charge < -0.3 is 15.0 Å². The summed E-state index contributed by atoms with van der Waals surface area (Å²) in [5.41, 5.74) is 2.13. The second-order valence-electron chi connectivity index (χ2n) is 8.01. The van der Waals surface area contributed by atoms with E-state index in [1.165, 1.54) is 4.31 Å². The van der Waals surface area contributed by atoms with Gasteiger partial charge in [0, 0.05) is 25.3 Å². The maximum Gasteiger partial charge on any atom is 0.243 e. The monoisotopic (exact) mass is 443 g/mol. The van der Waals surface area contributed by atoms with E-state index in [1.54, 1.807) is 30.3 Å². The van der Waals surface area contributed by atoms with E-state index in [2.05, 4.69) is 22.3 Å². The fourth-order valence-electron chi connectivity index (χ4n) is 4.21. The third kappa shape index (κ3) is 4.76. The SMILES string of the molecule is CC(NC(=O)C1CCCN1S(=O)(=O)c1ccccc1)c1ccc(N2CCOCC2)cc1. The number of ether oxygens (including phenoxy) is 1. The van der Waals surface area contributed by atoms with Crippen LogP contribution in [0.25, 0.3) is 0 Å². The molecule has 2 aromatic rings. The maximum atomic E-state index is 13.0. The summed E-state index contributed by atoms with van der Waals surface area (Å²) in [5.74, 6) is -0.248. The van der Waals surface area contributed by atoms with Crippen LogP contribution in [-0.2, 0) is 19.6 Å². The number of sulfonamides is 1. The summed E-state index contributed by atoms with van der Waals surface area (Å²) in [6.45, 7) is 5.50. The first-order valence-corrected chi connectivity index (χ1v) is 12.2. The summed E-state index contributed by atoms with van der Waals surface area (Å²) < 4.78 is 32.8. The van der Waals surface area contributed by atoms with Gasteiger partial charge >= 0.3 is 0 Å². The predicted octanol–water partition coefficient (Wildman–Crippen LogP) is 2.55. The highest BCUT2D eigenvalue weighted by Crippen LogP contribution is 2.27. The normalized spacial score (nSPS) is 21.1. The number of hydrogen-bond acceptors (Lipinski definition) is 5. The van der Waals surface area contributed by atoms with E-state index in [0.29, 0.717) is 19.4 Å². The third-order valence-corrected chi connectivity index (χ3v) is 7.91. The molecule has 4 rings (SSSR count). The van der Waals surface area contributed by atoms with E-state index < -0.39 is 16.1 Å². The Kier molecular flexibility index (Phi) is 6.60. The van der Waals surface area contributed by atoms with Crippen LogP contribution in [0.3, 0.4) is 0 Å². The molecule has 0 aliphatic carbocycles. The molecular formula is C23H29N3O4S. The Morgan fingerprint density at radius 3 is 2.39 bits per heavy atom. The quantitative estimate of drug-likeness (QED) is 0.742. The fraction of sp³-hybridized carbons (Fsp3) is 0.435. The van der Waals surface area contributed by atoms with E-state index in [-0.39, 0.29) is 16.8 Å². The van der Waals surface area contributed by atoms with Crippen molar-refractivity contribution < 1.29 is 17.9 Å². The van der Waals surface area contributed by atoms with Crippen molar-refractivity contribution in [1.82, 2.24) is 9.62 Å². The lowest BCUT2D eigenvalue weighted by Gasteiger charge is -2.29. The maximum absolute atomic E-state index is 13.0. The van der Waals surface area contributed by atoms with E-state index in [4.69, 9.17) is 4.74 Å². The Morgan fingerprint density at radius 2 is 1.71 bits per heavy atom. The van der Waals surface area contributed by atoms with Gasteiger partial charge in [0.2, 0.25) is 15.9 Å². The molecule has 2 atom stereocenters. The van der Waals surface area contributed by atoms with Crippen LogP contribution in [0.15, 0.2) is 59.5 Å². The Morgan fingerprint density at radius 1 is 1.03 bits per heavy atom. The minimum atomic E-state index is -3.69. The van der Waals surface area contributed by atoms with Crippen LogP contribution in [0.2, 0.25) is 0 Å². The van der Waals surface area contributed by atoms with Crippen LogP contribution < -0.4 is 10.2 Å². The Labute approximate surface area is 184 Å². The zero-order chi connectivity index (χ0) is 21.8. The van der Waals surface area contributed by atoms with Crippen molar-refractivity contribution in [1.29, 1.82) is 0 Å². The zero-order valence-corrected chi connectivity index (χ0v) is 18.6. The fourth-order valence-corrected chi connectivity index (χ4v) is 5.88. The summed E-state index contributed by atoms with van der Waals surface area (Å²) >= 11 is 0. The number of nitrogens with one attached hydrogen (secondary N) is 1. The number of nitrogens with zero attached hydrogens (tertiary/aromatic N) is 2. The lowest BCUT2D eigenvalue weighted by Crippen LogP contribution is -2.46. The molecule has 0 spiro atoms. The van der Waals surface area contributed by atoms with Gasteiger partial charge in [-0.2, -0.15) is 4.31 Å². The zero-order valence-electron chi connectivity index (χ0n) is 17.7. The molecule has 8 heteroatoms. The molecule has 0 saturated carbocycles. The van der Waals surface area contributed by atoms with Crippen LogP contribution >= 0.6 is 0 Å². The van der Waals surface area contributed by atoms with E-state index in [1.807, 2.05) is 19.1 Å². The van der Waals surface area contributed by atoms with Gasteiger partial charge in [-0.15, -0.1) is 0 Å². The summed E-state index contributed by atoms with van der Waals surface area (Å²) in [6.07, 6.45) is 1.20. The van der Waals surface area contributed by atoms with E-state index >= 15 is 0 Å². The van der Waals surface area contributed by atoms with Crippen molar-refractivity contribution >= 4 is 21.6 Å². The number of carbonyl (C=O) groups excluding carboxylic acids is 1. The van der Waals surface area contributed by atoms with Crippen LogP contribution in [0, 0.1) is 0 Å². The molecular weight excluding hydrogens is 414 g/mol. The smallest absolute Gasteiger partial charge is 0.243 e. The van der Waals surface area contributed by atoms with Crippen LogP contribution in [0.4, 0.5) is 5.69 Å². The lowest BCUT2D eigenvalue weighted by molar-refractivity contribution is -0.124. The number of benzene rings is 2. The van der Waals surface area contributed by atoms with Crippen molar-refractivity contribution in [2.24, 2.45) is 0 Å². The van der Waals surface area contributed by atoms with Gasteiger partial charge in [-0.1, -0.05) is 30.3 Å². The molecule has 1 amide bonds. The molecule has 2 heterocycles. The lowest BCUT2D eigenvalue weighted by atomic mass is 10.1. The number of morpholine rings is 1. The van der Waals surface area contributed by atoms with Gasteiger partial charge in [0.05, 0.1) is 24.2 Å². The van der Waals surface area contributed by atoms with Gasteiger partial charge in [-0.05, 0) is 49.6 Å². The number of anilines is 1. The van der Waals surface area contributed by atoms with Gasteiger partial charge in [0.1, 0.15) is 6.04 Å². The van der Waals surface area contributed by atoms with E-state index in [9.17, 15) is 13.2 Å². The minimum absolute atomic E-state index is 0.215. The molecule has 2 aliphatic heterocycles. The highest BCUT2D eigenvalue weighted by Gasteiger charge is 2.39. The predicted molar refractivity (Wildman–Crippen MR) is 119 cm³/mol. The molecule has 2 aromatic carbocycles. The number of carbonyl (C=O) groups is 1. The summed E-state index contributed by atoms with van der Waals surface area (Å²) in [5, 5.41) is 3.01. The van der Waals surface area contributed by atoms with Crippen molar-refractivity contribution in [2.45, 2.75) is 36.7 Å². The molecule has 166 valence electrons. The molecule has 0 aromatic heterocycles. The first-order chi connectivity index (χ1) is 15.0. The van der Waals surface area contributed by atoms with Gasteiger partial charge in [0.25, 0.3) is 0 Å². The Hall–Kier alpha value is -2.42. The highest BCUT2D eigenvalue weighted by molar-refractivity contribution is 7.89. The molecule has 1 N–H and O–H groups in total. The van der Waals surface area contributed by atoms with E-state index in [0.717, 1.165) is 37.6 Å².